The first-order valence-corrected chi connectivity index (χ1v) is 16.9. The van der Waals surface area contributed by atoms with Crippen molar-refractivity contribution < 1.29 is 24.2 Å². The number of methoxy groups -OCH3 is 1. The SMILES string of the molecule is COc1cccc(C2/C(=C(\O)c3ccc(OCc4ccccc4C)cc3)C(=O)C(=O)N2c2nnc(SCc3ccc(Cl)cc3Cl)s2)c1. The number of ketones is 1. The van der Waals surface area contributed by atoms with Crippen molar-refractivity contribution in [2.24, 2.45) is 0 Å². The van der Waals surface area contributed by atoms with Gasteiger partial charge in [0.25, 0.3) is 5.78 Å². The standard InChI is InChI=1S/C35H27Cl2N3O5S2/c1-20-6-3-4-7-23(20)18-45-26-14-11-21(12-15-26)31(41)29-30(22-8-5-9-27(16-22)44-2)40(33(43)32(29)42)34-38-39-35(47-34)46-19-24-10-13-25(36)17-28(24)37/h3-17,30,41H,18-19H2,1-2H3/b31-29+. The fourth-order valence-electron chi connectivity index (χ4n) is 5.09. The van der Waals surface area contributed by atoms with E-state index < -0.39 is 17.7 Å². The highest BCUT2D eigenvalue weighted by molar-refractivity contribution is 8.00. The minimum absolute atomic E-state index is 0.0748. The van der Waals surface area contributed by atoms with Crippen LogP contribution in [-0.4, -0.2) is 34.1 Å². The van der Waals surface area contributed by atoms with Gasteiger partial charge in [-0.3, -0.25) is 14.5 Å². The van der Waals surface area contributed by atoms with E-state index in [0.717, 1.165) is 28.0 Å². The number of thioether (sulfide) groups is 1. The molecule has 0 spiro atoms. The number of Topliss-reactive ketones (excluding diaryl/α,β-unsaturated/α-hetero) is 1. The van der Waals surface area contributed by atoms with E-state index >= 15 is 0 Å². The van der Waals surface area contributed by atoms with Crippen molar-refractivity contribution in [1.82, 2.24) is 10.2 Å². The number of carbonyl (C=O) groups is 2. The lowest BCUT2D eigenvalue weighted by atomic mass is 9.95. The predicted octanol–water partition coefficient (Wildman–Crippen LogP) is 8.66. The number of nitrogens with zero attached hydrogens (tertiary/aromatic N) is 3. The maximum atomic E-state index is 13.6. The Morgan fingerprint density at radius 2 is 1.72 bits per heavy atom. The first kappa shape index (κ1) is 32.6. The Kier molecular flexibility index (Phi) is 9.84. The van der Waals surface area contributed by atoms with Crippen molar-refractivity contribution in [2.45, 2.75) is 29.7 Å². The monoisotopic (exact) mass is 703 g/mol. The van der Waals surface area contributed by atoms with Crippen LogP contribution in [0.15, 0.2) is 101 Å². The number of aliphatic hydroxyl groups is 1. The fourth-order valence-corrected chi connectivity index (χ4v) is 7.52. The Hall–Kier alpha value is -4.35. The third-order valence-electron chi connectivity index (χ3n) is 7.61. The highest BCUT2D eigenvalue weighted by atomic mass is 35.5. The van der Waals surface area contributed by atoms with Crippen LogP contribution in [0, 0.1) is 6.92 Å². The normalized spacial score (nSPS) is 15.7. The minimum Gasteiger partial charge on any atom is -0.507 e. The van der Waals surface area contributed by atoms with E-state index in [4.69, 9.17) is 32.7 Å². The molecule has 8 nitrogen and oxygen atoms in total. The van der Waals surface area contributed by atoms with Gasteiger partial charge in [-0.2, -0.15) is 0 Å². The van der Waals surface area contributed by atoms with Gasteiger partial charge in [-0.05, 0) is 77.7 Å². The number of anilines is 1. The van der Waals surface area contributed by atoms with Crippen molar-refractivity contribution in [1.29, 1.82) is 0 Å². The number of aliphatic hydroxyl groups excluding tert-OH is 1. The number of aryl methyl sites for hydroxylation is 1. The summed E-state index contributed by atoms with van der Waals surface area (Å²) in [6, 6.07) is 26.0. The maximum absolute atomic E-state index is 13.6. The topological polar surface area (TPSA) is 102 Å². The molecular formula is C35H27Cl2N3O5S2. The predicted molar refractivity (Wildman–Crippen MR) is 186 cm³/mol. The second-order valence-electron chi connectivity index (χ2n) is 10.6. The molecule has 1 fully saturated rings. The second-order valence-corrected chi connectivity index (χ2v) is 13.6. The summed E-state index contributed by atoms with van der Waals surface area (Å²) in [6.07, 6.45) is 0. The number of hydrogen-bond acceptors (Lipinski definition) is 9. The zero-order valence-electron chi connectivity index (χ0n) is 25.1. The molecule has 1 N–H and O–H groups in total. The lowest BCUT2D eigenvalue weighted by Crippen LogP contribution is -2.29. The van der Waals surface area contributed by atoms with E-state index in [1.54, 1.807) is 60.7 Å². The molecule has 12 heteroatoms. The van der Waals surface area contributed by atoms with Gasteiger partial charge in [0.15, 0.2) is 4.34 Å². The lowest BCUT2D eigenvalue weighted by Gasteiger charge is -2.23. The molecule has 1 saturated heterocycles. The molecule has 1 aliphatic heterocycles. The molecule has 238 valence electrons. The summed E-state index contributed by atoms with van der Waals surface area (Å²) in [4.78, 5) is 28.6. The van der Waals surface area contributed by atoms with Gasteiger partial charge in [0.2, 0.25) is 5.13 Å². The third-order valence-corrected chi connectivity index (χ3v) is 10.3. The molecule has 0 aliphatic carbocycles. The Balaban J connectivity index is 1.31. The number of aromatic nitrogens is 2. The molecule has 2 heterocycles. The van der Waals surface area contributed by atoms with Gasteiger partial charge < -0.3 is 14.6 Å². The smallest absolute Gasteiger partial charge is 0.301 e. The maximum Gasteiger partial charge on any atom is 0.301 e. The summed E-state index contributed by atoms with van der Waals surface area (Å²) < 4.78 is 12.0. The van der Waals surface area contributed by atoms with Crippen LogP contribution in [0.2, 0.25) is 10.0 Å². The number of ether oxygens (including phenoxy) is 2. The minimum atomic E-state index is -0.987. The molecule has 1 aliphatic rings. The van der Waals surface area contributed by atoms with Gasteiger partial charge in [0.05, 0.1) is 18.7 Å². The zero-order valence-corrected chi connectivity index (χ0v) is 28.3. The van der Waals surface area contributed by atoms with Crippen LogP contribution in [0.1, 0.15) is 33.9 Å². The summed E-state index contributed by atoms with van der Waals surface area (Å²) >= 11 is 14.9. The van der Waals surface area contributed by atoms with Crippen LogP contribution in [-0.2, 0) is 21.9 Å². The highest BCUT2D eigenvalue weighted by Crippen LogP contribution is 2.45. The number of carbonyl (C=O) groups excluding carboxylic acids is 2. The molecule has 0 radical (unpaired) electrons. The molecule has 1 amide bonds. The highest BCUT2D eigenvalue weighted by Gasteiger charge is 2.48. The van der Waals surface area contributed by atoms with E-state index in [1.165, 1.54) is 23.8 Å². The van der Waals surface area contributed by atoms with E-state index in [2.05, 4.69) is 10.2 Å². The first-order chi connectivity index (χ1) is 22.7. The Bertz CT molecular complexity index is 2000. The lowest BCUT2D eigenvalue weighted by molar-refractivity contribution is -0.132. The van der Waals surface area contributed by atoms with Crippen LogP contribution in [0.25, 0.3) is 5.76 Å². The summed E-state index contributed by atoms with van der Waals surface area (Å²) in [5.74, 6) is -0.378. The zero-order chi connectivity index (χ0) is 33.1. The Labute approximate surface area is 289 Å². The largest absolute Gasteiger partial charge is 0.507 e. The van der Waals surface area contributed by atoms with Gasteiger partial charge in [-0.15, -0.1) is 10.2 Å². The molecule has 6 rings (SSSR count). The van der Waals surface area contributed by atoms with Gasteiger partial charge in [-0.1, -0.05) is 88.8 Å². The van der Waals surface area contributed by atoms with Gasteiger partial charge in [-0.25, -0.2) is 0 Å². The van der Waals surface area contributed by atoms with Crippen molar-refractivity contribution in [3.8, 4) is 11.5 Å². The molecule has 1 unspecified atom stereocenters. The molecule has 0 saturated carbocycles. The van der Waals surface area contributed by atoms with Crippen LogP contribution in [0.5, 0.6) is 11.5 Å². The fraction of sp³-hybridized carbons (Fsp3) is 0.143. The Morgan fingerprint density at radius 1 is 0.936 bits per heavy atom. The number of rotatable bonds is 10. The summed E-state index contributed by atoms with van der Waals surface area (Å²) in [5, 5.41) is 21.4. The number of benzene rings is 4. The van der Waals surface area contributed by atoms with Crippen molar-refractivity contribution in [3.05, 3.63) is 134 Å². The molecule has 1 atom stereocenters. The molecule has 5 aromatic rings. The van der Waals surface area contributed by atoms with Gasteiger partial charge in [0, 0.05) is 21.4 Å². The molecule has 1 aromatic heterocycles. The number of halogens is 2. The van der Waals surface area contributed by atoms with Crippen molar-refractivity contribution >= 4 is 68.9 Å². The second kappa shape index (κ2) is 14.2. The first-order valence-electron chi connectivity index (χ1n) is 14.4. The molecule has 47 heavy (non-hydrogen) atoms. The summed E-state index contributed by atoms with van der Waals surface area (Å²) in [5.41, 5.74) is 3.88. The number of hydrogen-bond donors (Lipinski definition) is 1. The third kappa shape index (κ3) is 7.01. The average molecular weight is 705 g/mol. The molecule has 0 bridgehead atoms. The van der Waals surface area contributed by atoms with Crippen molar-refractivity contribution in [3.63, 3.8) is 0 Å². The summed E-state index contributed by atoms with van der Waals surface area (Å²) in [7, 11) is 1.53. The van der Waals surface area contributed by atoms with Gasteiger partial charge >= 0.3 is 5.91 Å². The molecular weight excluding hydrogens is 677 g/mol. The summed E-state index contributed by atoms with van der Waals surface area (Å²) in [6.45, 7) is 2.40. The van der Waals surface area contributed by atoms with E-state index in [0.29, 0.717) is 49.4 Å². The molecule has 4 aromatic carbocycles. The van der Waals surface area contributed by atoms with E-state index in [9.17, 15) is 14.7 Å². The average Bonchev–Trinajstić information content (AvgIpc) is 3.65. The number of amides is 1. The van der Waals surface area contributed by atoms with Crippen LogP contribution < -0.4 is 14.4 Å². The van der Waals surface area contributed by atoms with Crippen molar-refractivity contribution in [2.75, 3.05) is 12.0 Å². The Morgan fingerprint density at radius 3 is 2.47 bits per heavy atom. The quantitative estimate of drug-likeness (QED) is 0.0507. The van der Waals surface area contributed by atoms with Crippen LogP contribution in [0.4, 0.5) is 5.13 Å². The van der Waals surface area contributed by atoms with E-state index in [1.807, 2.05) is 37.3 Å². The van der Waals surface area contributed by atoms with Crippen LogP contribution in [0.3, 0.4) is 0 Å². The van der Waals surface area contributed by atoms with Crippen LogP contribution >= 0.6 is 46.3 Å². The van der Waals surface area contributed by atoms with Gasteiger partial charge in [0.1, 0.15) is 23.9 Å². The van der Waals surface area contributed by atoms with E-state index in [-0.39, 0.29) is 16.5 Å².